The minimum absolute atomic E-state index is 0.00594. The van der Waals surface area contributed by atoms with Crippen LogP contribution in [0.2, 0.25) is 0 Å². The van der Waals surface area contributed by atoms with E-state index in [2.05, 4.69) is 20.8 Å². The third-order valence-corrected chi connectivity index (χ3v) is 4.20. The van der Waals surface area contributed by atoms with Gasteiger partial charge in [0.2, 0.25) is 5.91 Å². The Balaban J connectivity index is 2.01. The number of amides is 1. The first kappa shape index (κ1) is 13.4. The summed E-state index contributed by atoms with van der Waals surface area (Å²) >= 11 is 1.43. The Labute approximate surface area is 111 Å². The van der Waals surface area contributed by atoms with E-state index in [1.165, 1.54) is 11.8 Å². The number of nitrogens with zero attached hydrogens (tertiary/aromatic N) is 3. The van der Waals surface area contributed by atoms with E-state index in [0.717, 1.165) is 36.9 Å². The van der Waals surface area contributed by atoms with E-state index in [1.54, 1.807) is 7.05 Å². The Bertz CT molecular complexity index is 414. The van der Waals surface area contributed by atoms with E-state index < -0.39 is 0 Å². The van der Waals surface area contributed by atoms with Crippen LogP contribution in [-0.4, -0.2) is 46.6 Å². The number of nitrogens with one attached hydrogen (secondary N) is 2. The standard InChI is InChI=1S/C11H19N5OS/c1-12-9(17)7-18-11-15-14-10(16(11)2)8-3-5-13-6-4-8/h8,13H,3-7H2,1-2H3,(H,12,17). The topological polar surface area (TPSA) is 71.8 Å². The van der Waals surface area contributed by atoms with Crippen molar-refractivity contribution in [2.45, 2.75) is 23.9 Å². The van der Waals surface area contributed by atoms with Crippen LogP contribution in [0.4, 0.5) is 0 Å². The van der Waals surface area contributed by atoms with Crippen LogP contribution in [0, 0.1) is 0 Å². The number of hydrogen-bond donors (Lipinski definition) is 2. The fraction of sp³-hybridized carbons (Fsp3) is 0.727. The highest BCUT2D eigenvalue weighted by molar-refractivity contribution is 7.99. The summed E-state index contributed by atoms with van der Waals surface area (Å²) in [5.41, 5.74) is 0. The zero-order chi connectivity index (χ0) is 13.0. The van der Waals surface area contributed by atoms with E-state index in [0.29, 0.717) is 11.7 Å². The number of carbonyl (C=O) groups is 1. The molecular weight excluding hydrogens is 250 g/mol. The van der Waals surface area contributed by atoms with Crippen molar-refractivity contribution >= 4 is 17.7 Å². The molecule has 2 heterocycles. The molecule has 2 N–H and O–H groups in total. The molecule has 6 nitrogen and oxygen atoms in total. The number of rotatable bonds is 4. The molecule has 0 saturated carbocycles. The van der Waals surface area contributed by atoms with Crippen molar-refractivity contribution in [1.82, 2.24) is 25.4 Å². The Kier molecular flexibility index (Phi) is 4.60. The molecule has 1 amide bonds. The summed E-state index contributed by atoms with van der Waals surface area (Å²) in [4.78, 5) is 11.2. The van der Waals surface area contributed by atoms with Crippen molar-refractivity contribution in [3.63, 3.8) is 0 Å². The summed E-state index contributed by atoms with van der Waals surface area (Å²) in [5, 5.41) is 15.2. The van der Waals surface area contributed by atoms with E-state index in [-0.39, 0.29) is 5.91 Å². The van der Waals surface area contributed by atoms with Gasteiger partial charge in [0.05, 0.1) is 5.75 Å². The van der Waals surface area contributed by atoms with Crippen LogP contribution in [0.25, 0.3) is 0 Å². The summed E-state index contributed by atoms with van der Waals surface area (Å²) in [6.07, 6.45) is 2.21. The van der Waals surface area contributed by atoms with Gasteiger partial charge < -0.3 is 15.2 Å². The van der Waals surface area contributed by atoms with Crippen molar-refractivity contribution in [3.05, 3.63) is 5.82 Å². The van der Waals surface area contributed by atoms with Crippen molar-refractivity contribution in [2.24, 2.45) is 7.05 Å². The van der Waals surface area contributed by atoms with Crippen LogP contribution in [0.1, 0.15) is 24.6 Å². The van der Waals surface area contributed by atoms with Gasteiger partial charge in [-0.2, -0.15) is 0 Å². The molecule has 1 saturated heterocycles. The highest BCUT2D eigenvalue weighted by atomic mass is 32.2. The first-order valence-electron chi connectivity index (χ1n) is 6.15. The van der Waals surface area contributed by atoms with Gasteiger partial charge in [-0.1, -0.05) is 11.8 Å². The van der Waals surface area contributed by atoms with Crippen LogP contribution in [0.15, 0.2) is 5.16 Å². The van der Waals surface area contributed by atoms with E-state index >= 15 is 0 Å². The van der Waals surface area contributed by atoms with Gasteiger partial charge in [0, 0.05) is 20.0 Å². The zero-order valence-corrected chi connectivity index (χ0v) is 11.6. The summed E-state index contributed by atoms with van der Waals surface area (Å²) < 4.78 is 2.02. The smallest absolute Gasteiger partial charge is 0.230 e. The second-order valence-electron chi connectivity index (χ2n) is 4.39. The molecule has 1 aromatic heterocycles. The third-order valence-electron chi connectivity index (χ3n) is 3.18. The average molecular weight is 269 g/mol. The molecule has 1 aliphatic heterocycles. The second kappa shape index (κ2) is 6.19. The van der Waals surface area contributed by atoms with Crippen LogP contribution < -0.4 is 10.6 Å². The second-order valence-corrected chi connectivity index (χ2v) is 5.33. The van der Waals surface area contributed by atoms with Crippen LogP contribution in [0.3, 0.4) is 0 Å². The molecular formula is C11H19N5OS. The van der Waals surface area contributed by atoms with Gasteiger partial charge in [-0.05, 0) is 25.9 Å². The van der Waals surface area contributed by atoms with Gasteiger partial charge in [-0.25, -0.2) is 0 Å². The van der Waals surface area contributed by atoms with E-state index in [4.69, 9.17) is 0 Å². The van der Waals surface area contributed by atoms with Crippen LogP contribution in [0.5, 0.6) is 0 Å². The number of aromatic nitrogens is 3. The molecule has 1 aromatic rings. The average Bonchev–Trinajstić information content (AvgIpc) is 2.78. The molecule has 0 unspecified atom stereocenters. The molecule has 0 bridgehead atoms. The largest absolute Gasteiger partial charge is 0.358 e. The SMILES string of the molecule is CNC(=O)CSc1nnc(C2CCNCC2)n1C. The fourth-order valence-corrected chi connectivity index (χ4v) is 2.88. The first-order valence-corrected chi connectivity index (χ1v) is 7.14. The van der Waals surface area contributed by atoms with Gasteiger partial charge >= 0.3 is 0 Å². The fourth-order valence-electron chi connectivity index (χ4n) is 2.09. The minimum atomic E-state index is 0.00594. The zero-order valence-electron chi connectivity index (χ0n) is 10.8. The number of piperidine rings is 1. The van der Waals surface area contributed by atoms with Gasteiger partial charge in [0.25, 0.3) is 0 Å². The highest BCUT2D eigenvalue weighted by Crippen LogP contribution is 2.26. The predicted octanol–water partition coefficient (Wildman–Crippen LogP) is 0.120. The summed E-state index contributed by atoms with van der Waals surface area (Å²) in [5.74, 6) is 1.91. The van der Waals surface area contributed by atoms with Gasteiger partial charge in [0.1, 0.15) is 5.82 Å². The van der Waals surface area contributed by atoms with Crippen molar-refractivity contribution in [3.8, 4) is 0 Å². The molecule has 1 aliphatic rings. The molecule has 0 radical (unpaired) electrons. The van der Waals surface area contributed by atoms with Crippen molar-refractivity contribution in [2.75, 3.05) is 25.9 Å². The minimum Gasteiger partial charge on any atom is -0.358 e. The lowest BCUT2D eigenvalue weighted by molar-refractivity contribution is -0.118. The third kappa shape index (κ3) is 3.02. The predicted molar refractivity (Wildman–Crippen MR) is 70.6 cm³/mol. The molecule has 0 aliphatic carbocycles. The molecule has 18 heavy (non-hydrogen) atoms. The Morgan fingerprint density at radius 2 is 2.22 bits per heavy atom. The Morgan fingerprint density at radius 3 is 2.89 bits per heavy atom. The lowest BCUT2D eigenvalue weighted by Crippen LogP contribution is -2.28. The maximum atomic E-state index is 11.2. The first-order chi connectivity index (χ1) is 8.72. The molecule has 1 fully saturated rings. The van der Waals surface area contributed by atoms with Crippen LogP contribution in [-0.2, 0) is 11.8 Å². The lowest BCUT2D eigenvalue weighted by atomic mass is 9.97. The van der Waals surface area contributed by atoms with Crippen molar-refractivity contribution in [1.29, 1.82) is 0 Å². The normalized spacial score (nSPS) is 16.8. The maximum absolute atomic E-state index is 11.2. The van der Waals surface area contributed by atoms with Crippen molar-refractivity contribution < 1.29 is 4.79 Å². The Morgan fingerprint density at radius 1 is 1.50 bits per heavy atom. The quantitative estimate of drug-likeness (QED) is 0.760. The number of hydrogen-bond acceptors (Lipinski definition) is 5. The van der Waals surface area contributed by atoms with Gasteiger partial charge in [-0.3, -0.25) is 4.79 Å². The summed E-state index contributed by atoms with van der Waals surface area (Å²) in [7, 11) is 3.61. The highest BCUT2D eigenvalue weighted by Gasteiger charge is 2.21. The molecule has 7 heteroatoms. The van der Waals surface area contributed by atoms with Gasteiger partial charge in [-0.15, -0.1) is 10.2 Å². The molecule has 0 aromatic carbocycles. The molecule has 2 rings (SSSR count). The molecule has 0 atom stereocenters. The van der Waals surface area contributed by atoms with E-state index in [9.17, 15) is 4.79 Å². The monoisotopic (exact) mass is 269 g/mol. The maximum Gasteiger partial charge on any atom is 0.230 e. The lowest BCUT2D eigenvalue weighted by Gasteiger charge is -2.21. The van der Waals surface area contributed by atoms with Gasteiger partial charge in [0.15, 0.2) is 5.16 Å². The number of thioether (sulfide) groups is 1. The Hall–Kier alpha value is -1.08. The van der Waals surface area contributed by atoms with E-state index in [1.807, 2.05) is 11.6 Å². The molecule has 100 valence electrons. The summed E-state index contributed by atoms with van der Waals surface area (Å²) in [6.45, 7) is 2.08. The van der Waals surface area contributed by atoms with Crippen LogP contribution >= 0.6 is 11.8 Å². The number of carbonyl (C=O) groups excluding carboxylic acids is 1. The molecule has 0 spiro atoms. The summed E-state index contributed by atoms with van der Waals surface area (Å²) in [6, 6.07) is 0.